The quantitative estimate of drug-likeness (QED) is 0.363. The molecule has 0 amide bonds. The smallest absolute Gasteiger partial charge is 0.188 e. The summed E-state index contributed by atoms with van der Waals surface area (Å²) in [5.74, 6) is 1.81. The van der Waals surface area contributed by atoms with Crippen LogP contribution >= 0.6 is 0 Å². The van der Waals surface area contributed by atoms with Crippen LogP contribution in [0.1, 0.15) is 12.0 Å². The summed E-state index contributed by atoms with van der Waals surface area (Å²) >= 11 is 0. The van der Waals surface area contributed by atoms with Crippen LogP contribution in [0.4, 0.5) is 0 Å². The SMILES string of the molecule is COc1ccc(CN=C(N)NCCCn2cnc3ccccc32)cc1OC. The van der Waals surface area contributed by atoms with Gasteiger partial charge >= 0.3 is 0 Å². The van der Waals surface area contributed by atoms with Gasteiger partial charge in [0, 0.05) is 13.1 Å². The van der Waals surface area contributed by atoms with E-state index in [0.29, 0.717) is 24.0 Å². The number of ether oxygens (including phenoxy) is 2. The van der Waals surface area contributed by atoms with Crippen LogP contribution in [0.3, 0.4) is 0 Å². The normalized spacial score (nSPS) is 11.6. The van der Waals surface area contributed by atoms with E-state index in [4.69, 9.17) is 15.2 Å². The average molecular weight is 367 g/mol. The number of imidazole rings is 1. The Labute approximate surface area is 158 Å². The van der Waals surface area contributed by atoms with Crippen LogP contribution in [0.2, 0.25) is 0 Å². The fourth-order valence-corrected chi connectivity index (χ4v) is 2.87. The molecule has 7 nitrogen and oxygen atoms in total. The molecule has 27 heavy (non-hydrogen) atoms. The van der Waals surface area contributed by atoms with Crippen molar-refractivity contribution in [2.75, 3.05) is 20.8 Å². The summed E-state index contributed by atoms with van der Waals surface area (Å²) in [5, 5.41) is 3.15. The number of benzene rings is 2. The molecule has 0 saturated heterocycles. The van der Waals surface area contributed by atoms with E-state index in [0.717, 1.165) is 36.1 Å². The number of nitrogens with one attached hydrogen (secondary N) is 1. The van der Waals surface area contributed by atoms with Crippen molar-refractivity contribution < 1.29 is 9.47 Å². The van der Waals surface area contributed by atoms with Gasteiger partial charge in [-0.15, -0.1) is 0 Å². The largest absolute Gasteiger partial charge is 0.493 e. The number of hydrogen-bond acceptors (Lipinski definition) is 4. The van der Waals surface area contributed by atoms with Gasteiger partial charge in [0.25, 0.3) is 0 Å². The summed E-state index contributed by atoms with van der Waals surface area (Å²) in [4.78, 5) is 8.77. The molecule has 3 aromatic rings. The van der Waals surface area contributed by atoms with Crippen molar-refractivity contribution in [1.29, 1.82) is 0 Å². The molecule has 0 aliphatic rings. The van der Waals surface area contributed by atoms with Crippen LogP contribution in [-0.2, 0) is 13.1 Å². The lowest BCUT2D eigenvalue weighted by Gasteiger charge is -2.09. The predicted octanol–water partition coefficient (Wildman–Crippen LogP) is 2.55. The van der Waals surface area contributed by atoms with Crippen molar-refractivity contribution in [1.82, 2.24) is 14.9 Å². The molecule has 0 aliphatic carbocycles. The van der Waals surface area contributed by atoms with Crippen LogP contribution in [-0.4, -0.2) is 36.3 Å². The number of rotatable bonds is 8. The first kappa shape index (κ1) is 18.6. The summed E-state index contributed by atoms with van der Waals surface area (Å²) in [5.41, 5.74) is 9.13. The highest BCUT2D eigenvalue weighted by atomic mass is 16.5. The van der Waals surface area contributed by atoms with Crippen molar-refractivity contribution in [3.05, 3.63) is 54.4 Å². The van der Waals surface area contributed by atoms with E-state index in [1.807, 2.05) is 42.7 Å². The molecule has 1 aromatic heterocycles. The molecule has 0 unspecified atom stereocenters. The zero-order valence-corrected chi connectivity index (χ0v) is 15.7. The Morgan fingerprint density at radius 2 is 1.96 bits per heavy atom. The number of aryl methyl sites for hydroxylation is 1. The van der Waals surface area contributed by atoms with E-state index in [2.05, 4.69) is 25.9 Å². The fourth-order valence-electron chi connectivity index (χ4n) is 2.87. The van der Waals surface area contributed by atoms with Crippen LogP contribution in [0, 0.1) is 0 Å². The number of nitrogens with zero attached hydrogens (tertiary/aromatic N) is 3. The number of para-hydroxylation sites is 2. The number of fused-ring (bicyclic) bond motifs is 1. The minimum Gasteiger partial charge on any atom is -0.493 e. The van der Waals surface area contributed by atoms with Gasteiger partial charge in [-0.05, 0) is 36.2 Å². The molecule has 0 atom stereocenters. The van der Waals surface area contributed by atoms with Gasteiger partial charge < -0.3 is 25.1 Å². The number of aliphatic imine (C=N–C) groups is 1. The minimum absolute atomic E-state index is 0.431. The number of hydrogen-bond donors (Lipinski definition) is 2. The highest BCUT2D eigenvalue weighted by molar-refractivity contribution is 5.77. The predicted molar refractivity (Wildman–Crippen MR) is 107 cm³/mol. The van der Waals surface area contributed by atoms with Crippen molar-refractivity contribution in [3.63, 3.8) is 0 Å². The minimum atomic E-state index is 0.431. The molecule has 0 fully saturated rings. The number of methoxy groups -OCH3 is 2. The Bertz CT molecular complexity index is 920. The third-order valence-electron chi connectivity index (χ3n) is 4.29. The van der Waals surface area contributed by atoms with Gasteiger partial charge in [-0.25, -0.2) is 9.98 Å². The second-order valence-corrected chi connectivity index (χ2v) is 6.10. The van der Waals surface area contributed by atoms with Gasteiger partial charge in [0.05, 0.1) is 38.1 Å². The van der Waals surface area contributed by atoms with Crippen molar-refractivity contribution in [3.8, 4) is 11.5 Å². The molecule has 3 rings (SSSR count). The van der Waals surface area contributed by atoms with Crippen molar-refractivity contribution in [2.45, 2.75) is 19.5 Å². The van der Waals surface area contributed by atoms with Crippen LogP contribution < -0.4 is 20.5 Å². The highest BCUT2D eigenvalue weighted by Gasteiger charge is 2.04. The maximum atomic E-state index is 5.96. The first-order chi connectivity index (χ1) is 13.2. The molecule has 7 heteroatoms. The molecular formula is C20H25N5O2. The standard InChI is InChI=1S/C20H25N5O2/c1-26-18-9-8-15(12-19(18)27-2)13-23-20(21)22-10-5-11-25-14-24-16-6-3-4-7-17(16)25/h3-4,6-9,12,14H,5,10-11,13H2,1-2H3,(H3,21,22,23). The van der Waals surface area contributed by atoms with E-state index in [-0.39, 0.29) is 0 Å². The summed E-state index contributed by atoms with van der Waals surface area (Å²) in [6.45, 7) is 2.09. The second kappa shape index (κ2) is 8.93. The van der Waals surface area contributed by atoms with Gasteiger partial charge in [-0.3, -0.25) is 0 Å². The molecule has 0 aliphatic heterocycles. The van der Waals surface area contributed by atoms with Crippen molar-refractivity contribution in [2.24, 2.45) is 10.7 Å². The third-order valence-corrected chi connectivity index (χ3v) is 4.29. The molecule has 0 bridgehead atoms. The third kappa shape index (κ3) is 4.69. The lowest BCUT2D eigenvalue weighted by Crippen LogP contribution is -2.32. The topological polar surface area (TPSA) is 86.7 Å². The number of aromatic nitrogens is 2. The summed E-state index contributed by atoms with van der Waals surface area (Å²) in [6, 6.07) is 13.8. The summed E-state index contributed by atoms with van der Waals surface area (Å²) in [7, 11) is 3.23. The second-order valence-electron chi connectivity index (χ2n) is 6.10. The maximum absolute atomic E-state index is 5.96. The van der Waals surface area contributed by atoms with Crippen LogP contribution in [0.15, 0.2) is 53.8 Å². The molecule has 1 heterocycles. The summed E-state index contributed by atoms with van der Waals surface area (Å²) in [6.07, 6.45) is 2.80. The Morgan fingerprint density at radius 3 is 2.78 bits per heavy atom. The fraction of sp³-hybridized carbons (Fsp3) is 0.300. The summed E-state index contributed by atoms with van der Waals surface area (Å²) < 4.78 is 12.7. The first-order valence-corrected chi connectivity index (χ1v) is 8.86. The Morgan fingerprint density at radius 1 is 1.15 bits per heavy atom. The van der Waals surface area contributed by atoms with E-state index in [1.54, 1.807) is 14.2 Å². The molecule has 0 saturated carbocycles. The van der Waals surface area contributed by atoms with Gasteiger partial charge in [0.2, 0.25) is 0 Å². The number of guanidine groups is 1. The van der Waals surface area contributed by atoms with Gasteiger partial charge in [0.1, 0.15) is 0 Å². The van der Waals surface area contributed by atoms with Gasteiger partial charge in [-0.2, -0.15) is 0 Å². The molecular weight excluding hydrogens is 342 g/mol. The molecule has 0 radical (unpaired) electrons. The molecule has 3 N–H and O–H groups in total. The van der Waals surface area contributed by atoms with Gasteiger partial charge in [-0.1, -0.05) is 18.2 Å². The Hall–Kier alpha value is -3.22. The van der Waals surface area contributed by atoms with E-state index in [1.165, 1.54) is 0 Å². The van der Waals surface area contributed by atoms with E-state index in [9.17, 15) is 0 Å². The molecule has 0 spiro atoms. The zero-order valence-electron chi connectivity index (χ0n) is 15.7. The first-order valence-electron chi connectivity index (χ1n) is 8.86. The van der Waals surface area contributed by atoms with Crippen LogP contribution in [0.25, 0.3) is 11.0 Å². The van der Waals surface area contributed by atoms with Crippen LogP contribution in [0.5, 0.6) is 11.5 Å². The Balaban J connectivity index is 1.47. The monoisotopic (exact) mass is 367 g/mol. The zero-order chi connectivity index (χ0) is 19.1. The molecule has 2 aromatic carbocycles. The Kier molecular flexibility index (Phi) is 6.14. The van der Waals surface area contributed by atoms with E-state index < -0.39 is 0 Å². The van der Waals surface area contributed by atoms with Crippen molar-refractivity contribution >= 4 is 17.0 Å². The average Bonchev–Trinajstić information content (AvgIpc) is 3.12. The lowest BCUT2D eigenvalue weighted by atomic mass is 10.2. The maximum Gasteiger partial charge on any atom is 0.188 e. The van der Waals surface area contributed by atoms with E-state index >= 15 is 0 Å². The molecule has 142 valence electrons. The number of nitrogens with two attached hydrogens (primary N) is 1. The lowest BCUT2D eigenvalue weighted by molar-refractivity contribution is 0.354. The van der Waals surface area contributed by atoms with Gasteiger partial charge in [0.15, 0.2) is 17.5 Å². The highest BCUT2D eigenvalue weighted by Crippen LogP contribution is 2.27.